The van der Waals surface area contributed by atoms with Gasteiger partial charge >= 0.3 is 0 Å². The molecule has 2 unspecified atom stereocenters. The highest BCUT2D eigenvalue weighted by Crippen LogP contribution is 2.38. The van der Waals surface area contributed by atoms with Gasteiger partial charge in [0, 0.05) is 29.7 Å². The molecule has 0 aromatic heterocycles. The molecule has 3 heteroatoms. The minimum atomic E-state index is -0.190. The molecule has 1 aliphatic heterocycles. The Labute approximate surface area is 108 Å². The number of hydrogen-bond acceptors (Lipinski definition) is 3. The molecule has 0 spiro atoms. The molecule has 0 saturated heterocycles. The number of aliphatic hydroxyl groups excluding tert-OH is 1. The Bertz CT molecular complexity index is 356. The smallest absolute Gasteiger partial charge is 0.0664 e. The van der Waals surface area contributed by atoms with Gasteiger partial charge in [0.1, 0.15) is 0 Å². The second kappa shape index (κ2) is 6.43. The van der Waals surface area contributed by atoms with Crippen molar-refractivity contribution in [1.29, 1.82) is 0 Å². The van der Waals surface area contributed by atoms with Gasteiger partial charge in [-0.3, -0.25) is 0 Å². The second-order valence-electron chi connectivity index (χ2n) is 4.65. The van der Waals surface area contributed by atoms with Crippen LogP contribution in [0.25, 0.3) is 0 Å². The molecule has 1 aliphatic rings. The van der Waals surface area contributed by atoms with Crippen LogP contribution < -0.4 is 5.32 Å². The van der Waals surface area contributed by atoms with E-state index < -0.39 is 0 Å². The summed E-state index contributed by atoms with van der Waals surface area (Å²) < 4.78 is 0. The fourth-order valence-corrected chi connectivity index (χ4v) is 3.51. The lowest BCUT2D eigenvalue weighted by molar-refractivity contribution is 0.160. The average molecular weight is 251 g/mol. The number of hydrogen-bond donors (Lipinski definition) is 2. The minimum absolute atomic E-state index is 0.190. The Morgan fingerprint density at radius 3 is 3.12 bits per heavy atom. The van der Waals surface area contributed by atoms with Crippen molar-refractivity contribution in [2.24, 2.45) is 0 Å². The first-order chi connectivity index (χ1) is 8.31. The molecule has 17 heavy (non-hydrogen) atoms. The molecule has 0 aliphatic carbocycles. The summed E-state index contributed by atoms with van der Waals surface area (Å²) in [6.45, 7) is 3.80. The molecular weight excluding hydrogens is 230 g/mol. The van der Waals surface area contributed by atoms with E-state index in [0.717, 1.165) is 31.7 Å². The largest absolute Gasteiger partial charge is 0.392 e. The van der Waals surface area contributed by atoms with E-state index >= 15 is 0 Å². The Morgan fingerprint density at radius 1 is 1.47 bits per heavy atom. The zero-order chi connectivity index (χ0) is 12.1. The third-order valence-corrected chi connectivity index (χ3v) is 4.44. The summed E-state index contributed by atoms with van der Waals surface area (Å²) in [5.74, 6) is 1.76. The fourth-order valence-electron chi connectivity index (χ4n) is 2.26. The first kappa shape index (κ1) is 12.9. The van der Waals surface area contributed by atoms with Crippen LogP contribution >= 0.6 is 11.8 Å². The number of fused-ring (bicyclic) bond motifs is 1. The Hall–Kier alpha value is -0.510. The van der Waals surface area contributed by atoms with E-state index in [0.29, 0.717) is 5.92 Å². The molecule has 2 rings (SSSR count). The summed E-state index contributed by atoms with van der Waals surface area (Å²) in [7, 11) is 0. The monoisotopic (exact) mass is 251 g/mol. The highest BCUT2D eigenvalue weighted by atomic mass is 32.2. The van der Waals surface area contributed by atoms with Crippen LogP contribution in [0.3, 0.4) is 0 Å². The van der Waals surface area contributed by atoms with Crippen molar-refractivity contribution >= 4 is 11.8 Å². The van der Waals surface area contributed by atoms with Gasteiger partial charge in [0.15, 0.2) is 0 Å². The van der Waals surface area contributed by atoms with Gasteiger partial charge in [-0.1, -0.05) is 31.5 Å². The van der Waals surface area contributed by atoms with Gasteiger partial charge in [0.2, 0.25) is 0 Å². The zero-order valence-corrected chi connectivity index (χ0v) is 11.2. The summed E-state index contributed by atoms with van der Waals surface area (Å²) in [6, 6.07) is 8.65. The molecule has 0 fully saturated rings. The van der Waals surface area contributed by atoms with Crippen LogP contribution in [0.4, 0.5) is 0 Å². The van der Waals surface area contributed by atoms with E-state index in [4.69, 9.17) is 0 Å². The molecule has 0 amide bonds. The lowest BCUT2D eigenvalue weighted by Crippen LogP contribution is -2.30. The molecule has 1 aromatic carbocycles. The van der Waals surface area contributed by atoms with Crippen molar-refractivity contribution in [2.45, 2.75) is 36.7 Å². The minimum Gasteiger partial charge on any atom is -0.392 e. The van der Waals surface area contributed by atoms with E-state index in [1.165, 1.54) is 10.5 Å². The summed E-state index contributed by atoms with van der Waals surface area (Å²) in [6.07, 6.45) is 1.75. The van der Waals surface area contributed by atoms with Crippen molar-refractivity contribution in [3.8, 4) is 0 Å². The number of rotatable bonds is 6. The predicted molar refractivity (Wildman–Crippen MR) is 73.7 cm³/mol. The molecule has 2 nitrogen and oxygen atoms in total. The van der Waals surface area contributed by atoms with Gasteiger partial charge in [-0.2, -0.15) is 0 Å². The third kappa shape index (κ3) is 3.47. The summed E-state index contributed by atoms with van der Waals surface area (Å²) >= 11 is 1.94. The van der Waals surface area contributed by atoms with E-state index in [2.05, 4.69) is 36.5 Å². The van der Waals surface area contributed by atoms with Gasteiger partial charge in [-0.05, 0) is 18.1 Å². The van der Waals surface area contributed by atoms with E-state index in [-0.39, 0.29) is 6.10 Å². The number of nitrogens with one attached hydrogen (secondary N) is 1. The summed E-state index contributed by atoms with van der Waals surface area (Å²) in [4.78, 5) is 1.42. The van der Waals surface area contributed by atoms with E-state index in [1.807, 2.05) is 11.8 Å². The Morgan fingerprint density at radius 2 is 2.29 bits per heavy atom. The molecular formula is C14H21NOS. The van der Waals surface area contributed by atoms with E-state index in [9.17, 15) is 5.11 Å². The molecule has 2 N–H and O–H groups in total. The van der Waals surface area contributed by atoms with Crippen LogP contribution in [-0.2, 0) is 0 Å². The molecule has 1 aromatic rings. The highest BCUT2D eigenvalue weighted by Gasteiger charge is 2.22. The lowest BCUT2D eigenvalue weighted by Gasteiger charge is -2.14. The molecule has 0 saturated carbocycles. The van der Waals surface area contributed by atoms with Crippen LogP contribution in [-0.4, -0.2) is 30.1 Å². The second-order valence-corrected chi connectivity index (χ2v) is 5.71. The van der Waals surface area contributed by atoms with Crippen molar-refractivity contribution < 1.29 is 5.11 Å². The molecule has 2 atom stereocenters. The van der Waals surface area contributed by atoms with Gasteiger partial charge in [-0.15, -0.1) is 11.8 Å². The van der Waals surface area contributed by atoms with Crippen LogP contribution in [0.1, 0.15) is 31.2 Å². The SMILES string of the molecule is CCCC(O)CNCC1CSc2ccccc21. The maximum absolute atomic E-state index is 9.65. The topological polar surface area (TPSA) is 32.3 Å². The third-order valence-electron chi connectivity index (χ3n) is 3.19. The standard InChI is InChI=1S/C14H21NOS/c1-2-5-12(16)9-15-8-11-10-17-14-7-4-3-6-13(11)14/h3-4,6-7,11-12,15-16H,2,5,8-10H2,1H3. The van der Waals surface area contributed by atoms with Gasteiger partial charge in [0.25, 0.3) is 0 Å². The van der Waals surface area contributed by atoms with Crippen LogP contribution in [0.5, 0.6) is 0 Å². The lowest BCUT2D eigenvalue weighted by atomic mass is 10.0. The number of thioether (sulfide) groups is 1. The quantitative estimate of drug-likeness (QED) is 0.815. The van der Waals surface area contributed by atoms with Gasteiger partial charge < -0.3 is 10.4 Å². The van der Waals surface area contributed by atoms with Crippen LogP contribution in [0.15, 0.2) is 29.2 Å². The van der Waals surface area contributed by atoms with Crippen molar-refractivity contribution in [3.63, 3.8) is 0 Å². The zero-order valence-electron chi connectivity index (χ0n) is 10.4. The van der Waals surface area contributed by atoms with Crippen molar-refractivity contribution in [3.05, 3.63) is 29.8 Å². The first-order valence-corrected chi connectivity index (χ1v) is 7.40. The average Bonchev–Trinajstić information content (AvgIpc) is 2.73. The molecule has 1 heterocycles. The maximum atomic E-state index is 9.65. The predicted octanol–water partition coefficient (Wildman–Crippen LogP) is 2.63. The fraction of sp³-hybridized carbons (Fsp3) is 0.571. The molecule has 0 radical (unpaired) electrons. The van der Waals surface area contributed by atoms with Crippen molar-refractivity contribution in [2.75, 3.05) is 18.8 Å². The van der Waals surface area contributed by atoms with Crippen LogP contribution in [0, 0.1) is 0 Å². The van der Waals surface area contributed by atoms with E-state index in [1.54, 1.807) is 0 Å². The van der Waals surface area contributed by atoms with Crippen LogP contribution in [0.2, 0.25) is 0 Å². The number of benzene rings is 1. The van der Waals surface area contributed by atoms with Gasteiger partial charge in [-0.25, -0.2) is 0 Å². The summed E-state index contributed by atoms with van der Waals surface area (Å²) in [5.41, 5.74) is 1.47. The van der Waals surface area contributed by atoms with Gasteiger partial charge in [0.05, 0.1) is 6.10 Å². The summed E-state index contributed by atoms with van der Waals surface area (Å²) in [5, 5.41) is 13.0. The van der Waals surface area contributed by atoms with Crippen molar-refractivity contribution in [1.82, 2.24) is 5.32 Å². The molecule has 94 valence electrons. The normalized spacial score (nSPS) is 20.2. The number of aliphatic hydroxyl groups is 1. The maximum Gasteiger partial charge on any atom is 0.0664 e. The first-order valence-electron chi connectivity index (χ1n) is 6.41. The molecule has 0 bridgehead atoms. The Kier molecular flexibility index (Phi) is 4.89. The highest BCUT2D eigenvalue weighted by molar-refractivity contribution is 7.99. The Balaban J connectivity index is 1.78.